The maximum atomic E-state index is 9.52. The average Bonchev–Trinajstić information content (AvgIpc) is 3.38. The lowest BCUT2D eigenvalue weighted by Gasteiger charge is -2.15. The minimum atomic E-state index is 0.268. The zero-order valence-corrected chi connectivity index (χ0v) is 19.1. The van der Waals surface area contributed by atoms with Crippen molar-refractivity contribution < 1.29 is 14.6 Å². The zero-order valence-electron chi connectivity index (χ0n) is 19.1. The van der Waals surface area contributed by atoms with Crippen LogP contribution in [0.4, 0.5) is 0 Å². The number of aromatic nitrogens is 2. The number of hydrogen-bond acceptors (Lipinski definition) is 5. The van der Waals surface area contributed by atoms with Crippen LogP contribution < -0.4 is 9.47 Å². The molecule has 0 radical (unpaired) electrons. The Kier molecular flexibility index (Phi) is 5.52. The van der Waals surface area contributed by atoms with E-state index in [4.69, 9.17) is 9.47 Å². The van der Waals surface area contributed by atoms with Gasteiger partial charge in [0.25, 0.3) is 0 Å². The quantitative estimate of drug-likeness (QED) is 0.373. The number of fused-ring (bicyclic) bond motifs is 3. The van der Waals surface area contributed by atoms with Crippen LogP contribution in [0.2, 0.25) is 0 Å². The summed E-state index contributed by atoms with van der Waals surface area (Å²) < 4.78 is 11.6. The highest BCUT2D eigenvalue weighted by atomic mass is 16.5. The molecule has 0 saturated carbocycles. The molecule has 6 heteroatoms. The first-order valence-electron chi connectivity index (χ1n) is 11.0. The van der Waals surface area contributed by atoms with Crippen LogP contribution in [0.25, 0.3) is 33.6 Å². The summed E-state index contributed by atoms with van der Waals surface area (Å²) in [6, 6.07) is 19.7. The third-order valence-corrected chi connectivity index (χ3v) is 6.05. The minimum Gasteiger partial charge on any atom is -0.508 e. The van der Waals surface area contributed by atoms with E-state index in [1.165, 1.54) is 11.1 Å². The molecule has 1 aliphatic carbocycles. The van der Waals surface area contributed by atoms with E-state index < -0.39 is 0 Å². The molecule has 2 N–H and O–H groups in total. The van der Waals surface area contributed by atoms with Gasteiger partial charge in [-0.2, -0.15) is 5.10 Å². The number of nitrogens with one attached hydrogen (secondary N) is 1. The number of aromatic hydroxyl groups is 1. The van der Waals surface area contributed by atoms with Crippen LogP contribution in [-0.4, -0.2) is 54.6 Å². The van der Waals surface area contributed by atoms with E-state index in [1.807, 2.05) is 32.3 Å². The van der Waals surface area contributed by atoms with Gasteiger partial charge in [-0.3, -0.25) is 5.10 Å². The molecule has 168 valence electrons. The molecule has 3 aromatic carbocycles. The first-order valence-corrected chi connectivity index (χ1v) is 11.0. The van der Waals surface area contributed by atoms with Crippen molar-refractivity contribution in [3.8, 4) is 50.9 Å². The predicted molar refractivity (Wildman–Crippen MR) is 130 cm³/mol. The number of methoxy groups -OCH3 is 1. The Labute approximate surface area is 193 Å². The highest BCUT2D eigenvalue weighted by Gasteiger charge is 2.27. The molecule has 1 aromatic heterocycles. The summed E-state index contributed by atoms with van der Waals surface area (Å²) >= 11 is 0. The minimum absolute atomic E-state index is 0.268. The van der Waals surface area contributed by atoms with Gasteiger partial charge in [0.1, 0.15) is 12.4 Å². The molecule has 0 saturated heterocycles. The molecule has 0 bridgehead atoms. The fourth-order valence-corrected chi connectivity index (χ4v) is 4.26. The average molecular weight is 442 g/mol. The largest absolute Gasteiger partial charge is 0.508 e. The topological polar surface area (TPSA) is 70.6 Å². The summed E-state index contributed by atoms with van der Waals surface area (Å²) in [6.45, 7) is 1.45. The first-order chi connectivity index (χ1) is 16.0. The second-order valence-electron chi connectivity index (χ2n) is 8.54. The lowest BCUT2D eigenvalue weighted by molar-refractivity contribution is 0.250. The lowest BCUT2D eigenvalue weighted by Crippen LogP contribution is -2.19. The third-order valence-electron chi connectivity index (χ3n) is 6.05. The number of H-pyrrole nitrogens is 1. The van der Waals surface area contributed by atoms with Crippen LogP contribution in [-0.2, 0) is 6.42 Å². The van der Waals surface area contributed by atoms with Gasteiger partial charge in [0, 0.05) is 29.7 Å². The molecule has 1 heterocycles. The molecule has 0 atom stereocenters. The Balaban J connectivity index is 1.42. The van der Waals surface area contributed by atoms with Crippen LogP contribution in [0.1, 0.15) is 11.1 Å². The molecular formula is C27H27N3O3. The molecule has 5 rings (SSSR count). The number of nitrogens with zero attached hydrogens (tertiary/aromatic N) is 2. The Hall–Kier alpha value is -3.77. The Morgan fingerprint density at radius 1 is 0.939 bits per heavy atom. The van der Waals surface area contributed by atoms with Gasteiger partial charge in [0.05, 0.1) is 18.5 Å². The van der Waals surface area contributed by atoms with Crippen molar-refractivity contribution >= 4 is 0 Å². The standard InChI is InChI=1S/C27H27N3O3/c1-30(2)12-13-33-25-15-20-14-23-26(28-29-27(23)22(20)16-24(25)32-3)19-6-4-17(5-7-19)18-8-10-21(31)11-9-18/h4-11,15-16,31H,12-14H2,1-3H3,(H,28,29). The highest BCUT2D eigenvalue weighted by Crippen LogP contribution is 2.44. The van der Waals surface area contributed by atoms with Crippen molar-refractivity contribution in [2.24, 2.45) is 0 Å². The number of hydrogen-bond donors (Lipinski definition) is 2. The normalized spacial score (nSPS) is 12.0. The Bertz CT molecular complexity index is 1280. The molecule has 0 spiro atoms. The van der Waals surface area contributed by atoms with Gasteiger partial charge in [-0.05, 0) is 55.1 Å². The summed E-state index contributed by atoms with van der Waals surface area (Å²) in [7, 11) is 5.73. The fraction of sp³-hybridized carbons (Fsp3) is 0.222. The van der Waals surface area contributed by atoms with E-state index in [0.717, 1.165) is 58.1 Å². The van der Waals surface area contributed by atoms with Crippen LogP contribution in [0.3, 0.4) is 0 Å². The molecule has 0 amide bonds. The Morgan fingerprint density at radius 3 is 2.27 bits per heavy atom. The molecule has 4 aromatic rings. The van der Waals surface area contributed by atoms with Crippen molar-refractivity contribution in [3.05, 3.63) is 71.8 Å². The summed E-state index contributed by atoms with van der Waals surface area (Å²) in [5.74, 6) is 1.77. The van der Waals surface area contributed by atoms with E-state index in [0.29, 0.717) is 6.61 Å². The van der Waals surface area contributed by atoms with Crippen molar-refractivity contribution in [2.75, 3.05) is 34.4 Å². The van der Waals surface area contributed by atoms with E-state index in [9.17, 15) is 5.11 Å². The number of benzene rings is 3. The molecule has 0 aliphatic heterocycles. The van der Waals surface area contributed by atoms with E-state index >= 15 is 0 Å². The summed E-state index contributed by atoms with van der Waals surface area (Å²) in [5.41, 5.74) is 8.74. The predicted octanol–water partition coefficient (Wildman–Crippen LogP) is 4.97. The summed E-state index contributed by atoms with van der Waals surface area (Å²) in [4.78, 5) is 2.09. The van der Waals surface area contributed by atoms with Crippen molar-refractivity contribution in [2.45, 2.75) is 6.42 Å². The van der Waals surface area contributed by atoms with Gasteiger partial charge in [-0.15, -0.1) is 0 Å². The van der Waals surface area contributed by atoms with Gasteiger partial charge in [0.15, 0.2) is 11.5 Å². The van der Waals surface area contributed by atoms with Crippen LogP contribution >= 0.6 is 0 Å². The maximum Gasteiger partial charge on any atom is 0.161 e. The lowest BCUT2D eigenvalue weighted by atomic mass is 10.0. The first kappa shape index (κ1) is 21.1. The van der Waals surface area contributed by atoms with Crippen LogP contribution in [0, 0.1) is 0 Å². The fourth-order valence-electron chi connectivity index (χ4n) is 4.26. The van der Waals surface area contributed by atoms with Gasteiger partial charge in [-0.1, -0.05) is 36.4 Å². The van der Waals surface area contributed by atoms with Gasteiger partial charge in [0.2, 0.25) is 0 Å². The number of phenols is 1. The van der Waals surface area contributed by atoms with E-state index in [-0.39, 0.29) is 5.75 Å². The third kappa shape index (κ3) is 4.05. The molecule has 6 nitrogen and oxygen atoms in total. The van der Waals surface area contributed by atoms with Gasteiger partial charge < -0.3 is 19.5 Å². The summed E-state index contributed by atoms with van der Waals surface area (Å²) in [5, 5.41) is 17.4. The number of likely N-dealkylation sites (N-methyl/N-ethyl adjacent to an activating group) is 1. The van der Waals surface area contributed by atoms with Crippen molar-refractivity contribution in [1.82, 2.24) is 15.1 Å². The molecule has 0 fully saturated rings. The molecule has 1 aliphatic rings. The Morgan fingerprint density at radius 2 is 1.61 bits per heavy atom. The number of aromatic amines is 1. The number of rotatable bonds is 7. The van der Waals surface area contributed by atoms with Gasteiger partial charge >= 0.3 is 0 Å². The summed E-state index contributed by atoms with van der Waals surface area (Å²) in [6.07, 6.45) is 0.796. The molecular weight excluding hydrogens is 414 g/mol. The van der Waals surface area contributed by atoms with E-state index in [1.54, 1.807) is 19.2 Å². The van der Waals surface area contributed by atoms with Gasteiger partial charge in [-0.25, -0.2) is 0 Å². The van der Waals surface area contributed by atoms with Crippen LogP contribution in [0.15, 0.2) is 60.7 Å². The maximum absolute atomic E-state index is 9.52. The number of phenolic OH excluding ortho intramolecular Hbond substituents is 1. The molecule has 0 unspecified atom stereocenters. The smallest absolute Gasteiger partial charge is 0.161 e. The SMILES string of the molecule is COc1cc2c(cc1OCCN(C)C)Cc1c(-c3ccc(-c4ccc(O)cc4)cc3)n[nH]c1-2. The monoisotopic (exact) mass is 441 g/mol. The van der Waals surface area contributed by atoms with Crippen molar-refractivity contribution in [1.29, 1.82) is 0 Å². The molecule has 33 heavy (non-hydrogen) atoms. The van der Waals surface area contributed by atoms with Crippen LogP contribution in [0.5, 0.6) is 17.2 Å². The van der Waals surface area contributed by atoms with E-state index in [2.05, 4.69) is 45.4 Å². The second-order valence-corrected chi connectivity index (χ2v) is 8.54. The zero-order chi connectivity index (χ0) is 22.9. The van der Waals surface area contributed by atoms with Crippen molar-refractivity contribution in [3.63, 3.8) is 0 Å². The highest BCUT2D eigenvalue weighted by molar-refractivity contribution is 5.83. The second kappa shape index (κ2) is 8.64. The number of ether oxygens (including phenoxy) is 2.